The number of likely N-dealkylation sites (N-methyl/N-ethyl adjacent to an activating group) is 1. The number of rotatable bonds is 7. The van der Waals surface area contributed by atoms with Gasteiger partial charge in [-0.2, -0.15) is 0 Å². The lowest BCUT2D eigenvalue weighted by molar-refractivity contribution is -0.132. The van der Waals surface area contributed by atoms with Crippen LogP contribution in [0.5, 0.6) is 5.88 Å². The maximum atomic E-state index is 12.8. The fraction of sp³-hybridized carbons (Fsp3) is 0.346. The van der Waals surface area contributed by atoms with Gasteiger partial charge in [-0.3, -0.25) is 4.79 Å². The molecule has 4 aromatic rings. The van der Waals surface area contributed by atoms with Crippen LogP contribution in [0.2, 0.25) is 4.34 Å². The van der Waals surface area contributed by atoms with Gasteiger partial charge >= 0.3 is 6.09 Å². The number of carbonyl (C=O) groups excluding carboxylic acids is 2. The Labute approximate surface area is 223 Å². The highest BCUT2D eigenvalue weighted by Crippen LogP contribution is 2.32. The molecule has 4 heterocycles. The molecule has 37 heavy (non-hydrogen) atoms. The predicted molar refractivity (Wildman–Crippen MR) is 143 cm³/mol. The number of likely N-dealkylation sites (tertiary alicyclic amines) is 1. The van der Waals surface area contributed by atoms with Crippen molar-refractivity contribution >= 4 is 45.8 Å². The second kappa shape index (κ2) is 11.0. The highest BCUT2D eigenvalue weighted by molar-refractivity contribution is 7.19. The van der Waals surface area contributed by atoms with Crippen LogP contribution in [0, 0.1) is 0 Å². The second-order valence-electron chi connectivity index (χ2n) is 9.34. The molecule has 1 aromatic carbocycles. The molecule has 0 spiro atoms. The van der Waals surface area contributed by atoms with Crippen LogP contribution in [-0.2, 0) is 11.3 Å². The summed E-state index contributed by atoms with van der Waals surface area (Å²) in [6.45, 7) is 1.98. The van der Waals surface area contributed by atoms with Gasteiger partial charge in [0.15, 0.2) is 5.76 Å². The third kappa shape index (κ3) is 5.98. The number of nitrogens with zero attached hydrogens (tertiary/aromatic N) is 4. The summed E-state index contributed by atoms with van der Waals surface area (Å²) in [4.78, 5) is 29.7. The Morgan fingerprint density at radius 3 is 2.70 bits per heavy atom. The van der Waals surface area contributed by atoms with Gasteiger partial charge in [-0.1, -0.05) is 35.0 Å². The number of thiophene rings is 1. The van der Waals surface area contributed by atoms with Gasteiger partial charge in [-0.25, -0.2) is 4.79 Å². The normalized spacial score (nSPS) is 14.4. The van der Waals surface area contributed by atoms with E-state index in [0.29, 0.717) is 60.7 Å². The zero-order valence-electron chi connectivity index (χ0n) is 20.6. The lowest BCUT2D eigenvalue weighted by Gasteiger charge is -2.32. The van der Waals surface area contributed by atoms with E-state index in [1.165, 1.54) is 11.3 Å². The summed E-state index contributed by atoms with van der Waals surface area (Å²) in [6, 6.07) is 15.2. The largest absolute Gasteiger partial charge is 0.414 e. The zero-order valence-corrected chi connectivity index (χ0v) is 22.2. The van der Waals surface area contributed by atoms with Crippen LogP contribution < -0.4 is 10.1 Å². The van der Waals surface area contributed by atoms with Crippen molar-refractivity contribution in [2.24, 2.45) is 0 Å². The average molecular weight is 542 g/mol. The van der Waals surface area contributed by atoms with Crippen LogP contribution in [0.1, 0.15) is 18.5 Å². The first-order valence-electron chi connectivity index (χ1n) is 12.1. The summed E-state index contributed by atoms with van der Waals surface area (Å²) in [5.41, 5.74) is 1.61. The molecule has 9 nitrogen and oxygen atoms in total. The van der Waals surface area contributed by atoms with Crippen molar-refractivity contribution in [3.05, 3.63) is 58.6 Å². The van der Waals surface area contributed by atoms with Gasteiger partial charge in [-0.05, 0) is 45.1 Å². The molecule has 0 atom stereocenters. The third-order valence-corrected chi connectivity index (χ3v) is 7.53. The molecular weight excluding hydrogens is 514 g/mol. The topological polar surface area (TPSA) is 92.8 Å². The smallest absolute Gasteiger partial charge is 0.393 e. The molecule has 0 saturated carbocycles. The first kappa shape index (κ1) is 25.3. The molecule has 11 heteroatoms. The quantitative estimate of drug-likeness (QED) is 0.364. The van der Waals surface area contributed by atoms with E-state index in [0.717, 1.165) is 15.8 Å². The van der Waals surface area contributed by atoms with Crippen molar-refractivity contribution in [1.82, 2.24) is 24.8 Å². The Morgan fingerprint density at radius 1 is 1.19 bits per heavy atom. The predicted octanol–water partition coefficient (Wildman–Crippen LogP) is 4.70. The molecule has 1 N–H and O–H groups in total. The summed E-state index contributed by atoms with van der Waals surface area (Å²) >= 11 is 7.47. The Hall–Kier alpha value is -3.34. The molecule has 0 bridgehead atoms. The second-order valence-corrected chi connectivity index (χ2v) is 11.1. The van der Waals surface area contributed by atoms with Crippen molar-refractivity contribution in [2.75, 3.05) is 33.7 Å². The van der Waals surface area contributed by atoms with Gasteiger partial charge in [0.1, 0.15) is 5.69 Å². The molecule has 3 aromatic heterocycles. The van der Waals surface area contributed by atoms with Crippen LogP contribution in [0.3, 0.4) is 0 Å². The van der Waals surface area contributed by atoms with E-state index in [-0.39, 0.29) is 11.9 Å². The maximum Gasteiger partial charge on any atom is 0.414 e. The van der Waals surface area contributed by atoms with Crippen LogP contribution in [0.4, 0.5) is 4.79 Å². The van der Waals surface area contributed by atoms with Gasteiger partial charge in [0.05, 0.1) is 27.8 Å². The highest BCUT2D eigenvalue weighted by atomic mass is 35.5. The molecule has 1 saturated heterocycles. The number of fused-ring (bicyclic) bond motifs is 1. The first-order valence-corrected chi connectivity index (χ1v) is 13.3. The Morgan fingerprint density at radius 2 is 1.97 bits per heavy atom. The zero-order chi connectivity index (χ0) is 25.9. The van der Waals surface area contributed by atoms with Crippen LogP contribution in [0.25, 0.3) is 21.5 Å². The number of halogens is 1. The summed E-state index contributed by atoms with van der Waals surface area (Å²) in [5, 5.41) is 8.13. The molecule has 1 aliphatic rings. The first-order chi connectivity index (χ1) is 17.9. The van der Waals surface area contributed by atoms with Crippen LogP contribution in [0.15, 0.2) is 53.1 Å². The van der Waals surface area contributed by atoms with E-state index < -0.39 is 6.09 Å². The standard InChI is InChI=1S/C26H28ClN5O4S/c1-30(2)16-24(33)31-11-9-18(10-12-31)28-26(34)35-25-13-17-5-3-4-6-20(17)32(25)15-19-14-21(36-29-19)22-7-8-23(27)37-22/h3-8,13-14,18H,9-12,15-16H2,1-2H3,(H,28,34). The van der Waals surface area contributed by atoms with E-state index in [2.05, 4.69) is 10.5 Å². The van der Waals surface area contributed by atoms with Gasteiger partial charge < -0.3 is 28.9 Å². The van der Waals surface area contributed by atoms with Crippen molar-refractivity contribution in [2.45, 2.75) is 25.4 Å². The van der Waals surface area contributed by atoms with Gasteiger partial charge in [0, 0.05) is 36.7 Å². The molecule has 0 unspecified atom stereocenters. The number of hydrogen-bond acceptors (Lipinski definition) is 7. The minimum Gasteiger partial charge on any atom is -0.393 e. The summed E-state index contributed by atoms with van der Waals surface area (Å²) in [7, 11) is 3.76. The van der Waals surface area contributed by atoms with E-state index in [4.69, 9.17) is 20.9 Å². The fourth-order valence-corrected chi connectivity index (χ4v) is 5.47. The van der Waals surface area contributed by atoms with Crippen molar-refractivity contribution in [3.63, 3.8) is 0 Å². The highest BCUT2D eigenvalue weighted by Gasteiger charge is 2.25. The van der Waals surface area contributed by atoms with Gasteiger partial charge in [-0.15, -0.1) is 11.3 Å². The number of aromatic nitrogens is 2. The van der Waals surface area contributed by atoms with Gasteiger partial charge in [0.25, 0.3) is 0 Å². The Balaban J connectivity index is 1.26. The summed E-state index contributed by atoms with van der Waals surface area (Å²) in [5.74, 6) is 1.16. The lowest BCUT2D eigenvalue weighted by atomic mass is 10.1. The minimum atomic E-state index is -0.517. The number of benzene rings is 1. The van der Waals surface area contributed by atoms with Crippen LogP contribution >= 0.6 is 22.9 Å². The molecule has 0 aliphatic carbocycles. The number of hydrogen-bond donors (Lipinski definition) is 1. The number of piperidine rings is 1. The number of nitrogens with one attached hydrogen (secondary N) is 1. The molecule has 2 amide bonds. The number of carbonyl (C=O) groups is 2. The Kier molecular flexibility index (Phi) is 7.50. The van der Waals surface area contributed by atoms with Crippen molar-refractivity contribution in [3.8, 4) is 16.5 Å². The number of ether oxygens (including phenoxy) is 1. The van der Waals surface area contributed by atoms with E-state index >= 15 is 0 Å². The molecule has 1 aliphatic heterocycles. The average Bonchev–Trinajstić information content (AvgIpc) is 3.59. The third-order valence-electron chi connectivity index (χ3n) is 6.29. The number of para-hydroxylation sites is 1. The number of amides is 2. The maximum absolute atomic E-state index is 12.8. The molecular formula is C26H28ClN5O4S. The fourth-order valence-electron chi connectivity index (χ4n) is 4.48. The van der Waals surface area contributed by atoms with E-state index in [1.54, 1.807) is 0 Å². The molecule has 194 valence electrons. The molecule has 0 radical (unpaired) electrons. The summed E-state index contributed by atoms with van der Waals surface area (Å²) < 4.78 is 13.9. The molecule has 5 rings (SSSR count). The summed E-state index contributed by atoms with van der Waals surface area (Å²) in [6.07, 6.45) is 0.855. The van der Waals surface area contributed by atoms with E-state index in [1.807, 2.05) is 77.0 Å². The van der Waals surface area contributed by atoms with E-state index in [9.17, 15) is 9.59 Å². The van der Waals surface area contributed by atoms with Crippen molar-refractivity contribution < 1.29 is 18.8 Å². The lowest BCUT2D eigenvalue weighted by Crippen LogP contribution is -2.48. The minimum absolute atomic E-state index is 0.0514. The van der Waals surface area contributed by atoms with Gasteiger partial charge in [0.2, 0.25) is 11.8 Å². The Bertz CT molecular complexity index is 1400. The SMILES string of the molecule is CN(C)CC(=O)N1CCC(NC(=O)Oc2cc3ccccc3n2Cc2cc(-c3ccc(Cl)s3)on2)CC1. The van der Waals surface area contributed by atoms with Crippen LogP contribution in [-0.4, -0.2) is 71.3 Å². The monoisotopic (exact) mass is 541 g/mol. The molecule has 1 fully saturated rings. The van der Waals surface area contributed by atoms with Crippen molar-refractivity contribution in [1.29, 1.82) is 0 Å².